The van der Waals surface area contributed by atoms with Gasteiger partial charge in [0, 0.05) is 24.7 Å². The Bertz CT molecular complexity index is 444. The number of esters is 1. The van der Waals surface area contributed by atoms with Crippen LogP contribution in [0.2, 0.25) is 0 Å². The Morgan fingerprint density at radius 1 is 0.955 bits per heavy atom. The first-order chi connectivity index (χ1) is 9.93. The average molecular weight is 312 g/mol. The molecule has 0 saturated heterocycles. The fraction of sp³-hybridized carbons (Fsp3) is 0.941. The molecule has 0 unspecified atom stereocenters. The van der Waals surface area contributed by atoms with Crippen molar-refractivity contribution in [3.8, 4) is 0 Å². The Morgan fingerprint density at radius 3 is 1.73 bits per heavy atom. The third-order valence-electron chi connectivity index (χ3n) is 6.03. The lowest BCUT2D eigenvalue weighted by Crippen LogP contribution is -2.70. The highest BCUT2D eigenvalue weighted by molar-refractivity contribution is 5.75. The lowest BCUT2D eigenvalue weighted by atomic mass is 9.45. The quantitative estimate of drug-likeness (QED) is 0.685. The highest BCUT2D eigenvalue weighted by Gasteiger charge is 2.68. The molecule has 0 aliphatic heterocycles. The van der Waals surface area contributed by atoms with E-state index in [9.17, 15) is 20.1 Å². The molecule has 22 heavy (non-hydrogen) atoms. The smallest absolute Gasteiger partial charge is 0.311 e. The highest BCUT2D eigenvalue weighted by atomic mass is 16.5. The van der Waals surface area contributed by atoms with Gasteiger partial charge in [0.05, 0.1) is 28.8 Å². The molecular weight excluding hydrogens is 284 g/mol. The topological polar surface area (TPSA) is 87.0 Å². The van der Waals surface area contributed by atoms with E-state index >= 15 is 0 Å². The van der Waals surface area contributed by atoms with Crippen LogP contribution in [-0.2, 0) is 9.53 Å². The van der Waals surface area contributed by atoms with Crippen molar-refractivity contribution < 1.29 is 24.9 Å². The summed E-state index contributed by atoms with van der Waals surface area (Å²) in [6.45, 7) is 5.82. The first kappa shape index (κ1) is 16.2. The first-order valence-corrected chi connectivity index (χ1v) is 8.27. The lowest BCUT2D eigenvalue weighted by Gasteiger charge is -2.65. The fourth-order valence-corrected chi connectivity index (χ4v) is 5.39. The van der Waals surface area contributed by atoms with E-state index in [2.05, 4.69) is 0 Å². The third kappa shape index (κ3) is 2.57. The van der Waals surface area contributed by atoms with Crippen molar-refractivity contribution in [2.45, 2.75) is 82.5 Å². The maximum atomic E-state index is 12.2. The summed E-state index contributed by atoms with van der Waals surface area (Å²) in [4.78, 5) is 12.2. The normalized spacial score (nSPS) is 46.8. The molecule has 4 rings (SSSR count). The zero-order valence-corrected chi connectivity index (χ0v) is 13.8. The number of ether oxygens (including phenoxy) is 1. The molecule has 0 radical (unpaired) electrons. The van der Waals surface area contributed by atoms with E-state index in [1.165, 1.54) is 0 Å². The molecule has 0 aromatic heterocycles. The minimum absolute atomic E-state index is 0.169. The van der Waals surface area contributed by atoms with E-state index in [-0.39, 0.29) is 12.6 Å². The summed E-state index contributed by atoms with van der Waals surface area (Å²) in [5.74, 6) is -0.253. The van der Waals surface area contributed by atoms with Crippen LogP contribution in [0.3, 0.4) is 0 Å². The molecule has 4 saturated carbocycles. The Morgan fingerprint density at radius 2 is 1.36 bits per heavy atom. The number of hydrogen-bond donors (Lipinski definition) is 3. The molecule has 5 heteroatoms. The average Bonchev–Trinajstić information content (AvgIpc) is 2.30. The SMILES string of the molecule is CCC(C)(C)C(=O)OCC12CC3(O)CC(O)(CC(O)(C3)C1)C2. The van der Waals surface area contributed by atoms with Gasteiger partial charge in [0.2, 0.25) is 0 Å². The summed E-state index contributed by atoms with van der Waals surface area (Å²) in [7, 11) is 0. The molecule has 0 heterocycles. The Labute approximate surface area is 131 Å². The number of carbonyl (C=O) groups excluding carboxylic acids is 1. The lowest BCUT2D eigenvalue weighted by molar-refractivity contribution is -0.287. The van der Waals surface area contributed by atoms with Gasteiger partial charge in [0.25, 0.3) is 0 Å². The largest absolute Gasteiger partial charge is 0.465 e. The van der Waals surface area contributed by atoms with Gasteiger partial charge in [-0.1, -0.05) is 6.92 Å². The van der Waals surface area contributed by atoms with Gasteiger partial charge >= 0.3 is 5.97 Å². The molecule has 4 bridgehead atoms. The third-order valence-corrected chi connectivity index (χ3v) is 6.03. The summed E-state index contributed by atoms with van der Waals surface area (Å²) >= 11 is 0. The van der Waals surface area contributed by atoms with E-state index in [0.29, 0.717) is 44.9 Å². The molecule has 4 aliphatic carbocycles. The van der Waals surface area contributed by atoms with E-state index < -0.39 is 27.6 Å². The molecule has 0 amide bonds. The number of aliphatic hydroxyl groups is 3. The number of carbonyl (C=O) groups is 1. The van der Waals surface area contributed by atoms with Gasteiger partial charge in [-0.3, -0.25) is 4.79 Å². The van der Waals surface area contributed by atoms with E-state index in [4.69, 9.17) is 4.74 Å². The van der Waals surface area contributed by atoms with Gasteiger partial charge in [-0.25, -0.2) is 0 Å². The summed E-state index contributed by atoms with van der Waals surface area (Å²) in [6.07, 6.45) is 3.12. The summed E-state index contributed by atoms with van der Waals surface area (Å²) in [5, 5.41) is 32.1. The Hall–Kier alpha value is -0.650. The summed E-state index contributed by atoms with van der Waals surface area (Å²) in [5.41, 5.74) is -4.15. The summed E-state index contributed by atoms with van der Waals surface area (Å²) < 4.78 is 5.55. The molecule has 0 aromatic rings. The second kappa shape index (κ2) is 4.46. The van der Waals surface area contributed by atoms with Crippen molar-refractivity contribution in [2.75, 3.05) is 6.61 Å². The van der Waals surface area contributed by atoms with Gasteiger partial charge in [0.1, 0.15) is 0 Å². The van der Waals surface area contributed by atoms with Crippen molar-refractivity contribution in [1.29, 1.82) is 0 Å². The zero-order valence-electron chi connectivity index (χ0n) is 13.8. The Kier molecular flexibility index (Phi) is 3.28. The first-order valence-electron chi connectivity index (χ1n) is 8.27. The molecule has 0 atom stereocenters. The molecule has 0 spiro atoms. The highest BCUT2D eigenvalue weighted by Crippen LogP contribution is 2.64. The van der Waals surface area contributed by atoms with Crippen LogP contribution in [0.25, 0.3) is 0 Å². The van der Waals surface area contributed by atoms with Crippen molar-refractivity contribution in [3.05, 3.63) is 0 Å². The zero-order chi connectivity index (χ0) is 16.4. The van der Waals surface area contributed by atoms with Crippen LogP contribution in [0.1, 0.15) is 65.7 Å². The number of hydrogen-bond acceptors (Lipinski definition) is 5. The van der Waals surface area contributed by atoms with Crippen molar-refractivity contribution in [3.63, 3.8) is 0 Å². The van der Waals surface area contributed by atoms with Gasteiger partial charge in [-0.15, -0.1) is 0 Å². The van der Waals surface area contributed by atoms with Crippen LogP contribution in [0.15, 0.2) is 0 Å². The van der Waals surface area contributed by atoms with E-state index in [1.54, 1.807) is 0 Å². The van der Waals surface area contributed by atoms with Gasteiger partial charge in [0.15, 0.2) is 0 Å². The van der Waals surface area contributed by atoms with Crippen LogP contribution in [0.5, 0.6) is 0 Å². The fourth-order valence-electron chi connectivity index (χ4n) is 5.39. The van der Waals surface area contributed by atoms with E-state index in [0.717, 1.165) is 0 Å². The van der Waals surface area contributed by atoms with Crippen LogP contribution in [0, 0.1) is 10.8 Å². The van der Waals surface area contributed by atoms with Gasteiger partial charge in [-0.2, -0.15) is 0 Å². The molecular formula is C17H28O5. The molecule has 5 nitrogen and oxygen atoms in total. The number of rotatable bonds is 4. The molecule has 4 fully saturated rings. The molecule has 0 aromatic carbocycles. The van der Waals surface area contributed by atoms with Crippen LogP contribution >= 0.6 is 0 Å². The predicted molar refractivity (Wildman–Crippen MR) is 80.0 cm³/mol. The van der Waals surface area contributed by atoms with Gasteiger partial charge < -0.3 is 20.1 Å². The van der Waals surface area contributed by atoms with Crippen molar-refractivity contribution in [2.24, 2.45) is 10.8 Å². The maximum Gasteiger partial charge on any atom is 0.311 e. The standard InChI is InChI=1S/C17H28O5/c1-4-13(2,3)12(18)22-11-14-5-15(19)8-16(20,6-14)10-17(21,7-14)9-15/h19-21H,4-11H2,1-3H3. The van der Waals surface area contributed by atoms with E-state index in [1.807, 2.05) is 20.8 Å². The molecule has 126 valence electrons. The van der Waals surface area contributed by atoms with Crippen LogP contribution in [0.4, 0.5) is 0 Å². The van der Waals surface area contributed by atoms with Crippen molar-refractivity contribution in [1.82, 2.24) is 0 Å². The van der Waals surface area contributed by atoms with Gasteiger partial charge in [-0.05, 0) is 39.5 Å². The molecule has 3 N–H and O–H groups in total. The predicted octanol–water partition coefficient (Wildman–Crippen LogP) is 1.53. The summed E-state index contributed by atoms with van der Waals surface area (Å²) in [6, 6.07) is 0. The Balaban J connectivity index is 1.78. The minimum atomic E-state index is -1.04. The van der Waals surface area contributed by atoms with Crippen molar-refractivity contribution >= 4 is 5.97 Å². The minimum Gasteiger partial charge on any atom is -0.465 e. The second-order valence-corrected chi connectivity index (χ2v) is 9.05. The van der Waals surface area contributed by atoms with Crippen LogP contribution < -0.4 is 0 Å². The molecule has 4 aliphatic rings. The van der Waals surface area contributed by atoms with Crippen LogP contribution in [-0.4, -0.2) is 44.7 Å². The monoisotopic (exact) mass is 312 g/mol. The maximum absolute atomic E-state index is 12.2. The second-order valence-electron chi connectivity index (χ2n) is 9.05.